The minimum absolute atomic E-state index is 0.586. The lowest BCUT2D eigenvalue weighted by Crippen LogP contribution is -1.89. The fourth-order valence-electron chi connectivity index (χ4n) is 1.76. The van der Waals surface area contributed by atoms with Crippen molar-refractivity contribution in [1.82, 2.24) is 0 Å². The first-order valence-corrected chi connectivity index (χ1v) is 6.56. The standard InChI is InChI=1S/C16H19N3/c1-3-12(2)13-4-8-15(9-5-13)18-19-16-10-6-14(17)7-11-16/h4-12H,3,17H2,1-2H3. The zero-order valence-electron chi connectivity index (χ0n) is 11.4. The highest BCUT2D eigenvalue weighted by molar-refractivity contribution is 5.48. The van der Waals surface area contributed by atoms with Crippen LogP contribution in [-0.2, 0) is 0 Å². The molecule has 0 aliphatic carbocycles. The van der Waals surface area contributed by atoms with Crippen molar-refractivity contribution in [3.63, 3.8) is 0 Å². The lowest BCUT2D eigenvalue weighted by atomic mass is 9.99. The Hall–Kier alpha value is -2.16. The molecule has 1 unspecified atom stereocenters. The number of benzene rings is 2. The van der Waals surface area contributed by atoms with Gasteiger partial charge in [-0.15, -0.1) is 0 Å². The average molecular weight is 253 g/mol. The highest BCUT2D eigenvalue weighted by Crippen LogP contribution is 2.23. The Bertz CT molecular complexity index is 541. The van der Waals surface area contributed by atoms with Gasteiger partial charge in [0.15, 0.2) is 0 Å². The average Bonchev–Trinajstić information content (AvgIpc) is 2.46. The zero-order valence-corrected chi connectivity index (χ0v) is 11.4. The van der Waals surface area contributed by atoms with Gasteiger partial charge >= 0.3 is 0 Å². The van der Waals surface area contributed by atoms with Gasteiger partial charge < -0.3 is 5.73 Å². The predicted molar refractivity (Wildman–Crippen MR) is 80.2 cm³/mol. The van der Waals surface area contributed by atoms with Crippen molar-refractivity contribution in [3.8, 4) is 0 Å². The van der Waals surface area contributed by atoms with Crippen molar-refractivity contribution in [2.45, 2.75) is 26.2 Å². The van der Waals surface area contributed by atoms with E-state index in [2.05, 4.69) is 36.2 Å². The minimum atomic E-state index is 0.586. The predicted octanol–water partition coefficient (Wildman–Crippen LogP) is 5.20. The van der Waals surface area contributed by atoms with Crippen LogP contribution in [0.2, 0.25) is 0 Å². The Morgan fingerprint density at radius 3 is 1.84 bits per heavy atom. The van der Waals surface area contributed by atoms with Gasteiger partial charge in [-0.3, -0.25) is 0 Å². The summed E-state index contributed by atoms with van der Waals surface area (Å²) in [6.07, 6.45) is 1.15. The van der Waals surface area contributed by atoms with E-state index in [1.807, 2.05) is 36.4 Å². The molecule has 2 N–H and O–H groups in total. The van der Waals surface area contributed by atoms with Gasteiger partial charge in [-0.05, 0) is 54.3 Å². The molecule has 2 aromatic rings. The lowest BCUT2D eigenvalue weighted by molar-refractivity contribution is 0.733. The van der Waals surface area contributed by atoms with Crippen LogP contribution < -0.4 is 5.73 Å². The summed E-state index contributed by atoms with van der Waals surface area (Å²) in [4.78, 5) is 0. The summed E-state index contributed by atoms with van der Waals surface area (Å²) in [5.41, 5.74) is 9.37. The third kappa shape index (κ3) is 3.65. The van der Waals surface area contributed by atoms with E-state index in [9.17, 15) is 0 Å². The molecule has 0 radical (unpaired) electrons. The highest BCUT2D eigenvalue weighted by Gasteiger charge is 2.01. The maximum Gasteiger partial charge on any atom is 0.0858 e. The number of hydrogen-bond acceptors (Lipinski definition) is 3. The molecule has 3 nitrogen and oxygen atoms in total. The van der Waals surface area contributed by atoms with E-state index in [1.165, 1.54) is 5.56 Å². The number of azo groups is 1. The number of nitrogens with two attached hydrogens (primary N) is 1. The van der Waals surface area contributed by atoms with Gasteiger partial charge in [0.2, 0.25) is 0 Å². The molecular formula is C16H19N3. The van der Waals surface area contributed by atoms with E-state index in [0.717, 1.165) is 23.5 Å². The first kappa shape index (κ1) is 13.3. The zero-order chi connectivity index (χ0) is 13.7. The van der Waals surface area contributed by atoms with Crippen LogP contribution in [0.1, 0.15) is 31.7 Å². The number of anilines is 1. The molecule has 0 saturated carbocycles. The summed E-state index contributed by atoms with van der Waals surface area (Å²) in [6, 6.07) is 15.6. The van der Waals surface area contributed by atoms with Crippen molar-refractivity contribution >= 4 is 17.1 Å². The van der Waals surface area contributed by atoms with Crippen LogP contribution in [0.25, 0.3) is 0 Å². The van der Waals surface area contributed by atoms with E-state index in [1.54, 1.807) is 0 Å². The van der Waals surface area contributed by atoms with Crippen molar-refractivity contribution in [2.24, 2.45) is 10.2 Å². The fraction of sp³-hybridized carbons (Fsp3) is 0.250. The lowest BCUT2D eigenvalue weighted by Gasteiger charge is -2.07. The van der Waals surface area contributed by atoms with E-state index in [-0.39, 0.29) is 0 Å². The largest absolute Gasteiger partial charge is 0.399 e. The molecule has 0 heterocycles. The fourth-order valence-corrected chi connectivity index (χ4v) is 1.76. The van der Waals surface area contributed by atoms with Crippen LogP contribution in [-0.4, -0.2) is 0 Å². The van der Waals surface area contributed by atoms with Crippen LogP contribution in [0, 0.1) is 0 Å². The van der Waals surface area contributed by atoms with E-state index >= 15 is 0 Å². The summed E-state index contributed by atoms with van der Waals surface area (Å²) in [6.45, 7) is 4.42. The normalized spacial score (nSPS) is 12.7. The summed E-state index contributed by atoms with van der Waals surface area (Å²) >= 11 is 0. The number of hydrogen-bond donors (Lipinski definition) is 1. The molecule has 1 atom stereocenters. The molecule has 0 aromatic heterocycles. The molecule has 3 heteroatoms. The Labute approximate surface area is 114 Å². The third-order valence-electron chi connectivity index (χ3n) is 3.25. The molecule has 2 rings (SSSR count). The van der Waals surface area contributed by atoms with E-state index < -0.39 is 0 Å². The van der Waals surface area contributed by atoms with Gasteiger partial charge in [0, 0.05) is 5.69 Å². The summed E-state index contributed by atoms with van der Waals surface area (Å²) in [7, 11) is 0. The van der Waals surface area contributed by atoms with E-state index in [0.29, 0.717) is 5.92 Å². The van der Waals surface area contributed by atoms with Crippen molar-refractivity contribution in [1.29, 1.82) is 0 Å². The van der Waals surface area contributed by atoms with Gasteiger partial charge in [-0.1, -0.05) is 26.0 Å². The molecule has 0 spiro atoms. The minimum Gasteiger partial charge on any atom is -0.399 e. The van der Waals surface area contributed by atoms with Gasteiger partial charge in [-0.2, -0.15) is 10.2 Å². The molecule has 2 aromatic carbocycles. The molecule has 0 aliphatic rings. The first-order valence-electron chi connectivity index (χ1n) is 6.56. The van der Waals surface area contributed by atoms with Gasteiger partial charge in [0.25, 0.3) is 0 Å². The summed E-state index contributed by atoms with van der Waals surface area (Å²) in [5.74, 6) is 0.586. The second kappa shape index (κ2) is 6.14. The maximum absolute atomic E-state index is 5.62. The third-order valence-corrected chi connectivity index (χ3v) is 3.25. The molecule has 0 amide bonds. The highest BCUT2D eigenvalue weighted by atomic mass is 15.1. The number of nitrogens with zero attached hydrogens (tertiary/aromatic N) is 2. The molecule has 98 valence electrons. The van der Waals surface area contributed by atoms with Gasteiger partial charge in [0.1, 0.15) is 0 Å². The number of nitrogen functional groups attached to an aromatic ring is 1. The summed E-state index contributed by atoms with van der Waals surface area (Å²) in [5, 5.41) is 8.40. The first-order chi connectivity index (χ1) is 9.19. The molecule has 19 heavy (non-hydrogen) atoms. The quantitative estimate of drug-likeness (QED) is 0.591. The molecule has 0 bridgehead atoms. The molecular weight excluding hydrogens is 234 g/mol. The number of rotatable bonds is 4. The monoisotopic (exact) mass is 253 g/mol. The Kier molecular flexibility index (Phi) is 4.29. The maximum atomic E-state index is 5.62. The Morgan fingerprint density at radius 2 is 1.37 bits per heavy atom. The van der Waals surface area contributed by atoms with Gasteiger partial charge in [0.05, 0.1) is 11.4 Å². The smallest absolute Gasteiger partial charge is 0.0858 e. The second-order valence-electron chi connectivity index (χ2n) is 4.69. The Balaban J connectivity index is 2.09. The van der Waals surface area contributed by atoms with Crippen LogP contribution >= 0.6 is 0 Å². The van der Waals surface area contributed by atoms with Crippen LogP contribution in [0.4, 0.5) is 17.1 Å². The van der Waals surface area contributed by atoms with Crippen LogP contribution in [0.5, 0.6) is 0 Å². The van der Waals surface area contributed by atoms with Gasteiger partial charge in [-0.25, -0.2) is 0 Å². The van der Waals surface area contributed by atoms with E-state index in [4.69, 9.17) is 5.73 Å². The van der Waals surface area contributed by atoms with Crippen LogP contribution in [0.15, 0.2) is 58.8 Å². The molecule has 0 aliphatic heterocycles. The van der Waals surface area contributed by atoms with Crippen LogP contribution in [0.3, 0.4) is 0 Å². The SMILES string of the molecule is CCC(C)c1ccc(N=Nc2ccc(N)cc2)cc1. The van der Waals surface area contributed by atoms with Crippen molar-refractivity contribution < 1.29 is 0 Å². The molecule has 0 fully saturated rings. The Morgan fingerprint density at radius 1 is 0.895 bits per heavy atom. The van der Waals surface area contributed by atoms with Crippen molar-refractivity contribution in [2.75, 3.05) is 5.73 Å². The topological polar surface area (TPSA) is 50.7 Å². The van der Waals surface area contributed by atoms with Crippen molar-refractivity contribution in [3.05, 3.63) is 54.1 Å². The summed E-state index contributed by atoms with van der Waals surface area (Å²) < 4.78 is 0. The molecule has 0 saturated heterocycles. The second-order valence-corrected chi connectivity index (χ2v) is 4.69.